The molecule has 0 amide bonds. The van der Waals surface area contributed by atoms with Crippen molar-refractivity contribution >= 4 is 23.4 Å². The van der Waals surface area contributed by atoms with Crippen molar-refractivity contribution in [1.29, 1.82) is 0 Å². The number of anilines is 2. The maximum atomic E-state index is 5.95. The molecule has 15 heavy (non-hydrogen) atoms. The molecule has 0 saturated heterocycles. The predicted octanol–water partition coefficient (Wildman–Crippen LogP) is 2.56. The van der Waals surface area contributed by atoms with Gasteiger partial charge in [-0.15, -0.1) is 0 Å². The van der Waals surface area contributed by atoms with E-state index in [9.17, 15) is 0 Å². The maximum absolute atomic E-state index is 5.95. The first kappa shape index (κ1) is 12.0. The van der Waals surface area contributed by atoms with Crippen molar-refractivity contribution in [3.05, 3.63) is 11.2 Å². The highest BCUT2D eigenvalue weighted by molar-refractivity contribution is 6.32. The van der Waals surface area contributed by atoms with Gasteiger partial charge in [-0.3, -0.25) is 0 Å². The summed E-state index contributed by atoms with van der Waals surface area (Å²) in [5.41, 5.74) is 5.62. The zero-order chi connectivity index (χ0) is 11.6. The second-order valence-corrected chi connectivity index (χ2v) is 5.06. The van der Waals surface area contributed by atoms with E-state index in [4.69, 9.17) is 17.3 Å². The third-order valence-electron chi connectivity index (χ3n) is 2.42. The van der Waals surface area contributed by atoms with E-state index in [-0.39, 0.29) is 17.4 Å². The van der Waals surface area contributed by atoms with Crippen molar-refractivity contribution in [3.8, 4) is 0 Å². The molecule has 0 fully saturated rings. The van der Waals surface area contributed by atoms with Crippen molar-refractivity contribution < 1.29 is 0 Å². The predicted molar refractivity (Wildman–Crippen MR) is 64.0 cm³/mol. The van der Waals surface area contributed by atoms with Crippen LogP contribution in [0.2, 0.25) is 5.02 Å². The Morgan fingerprint density at radius 2 is 2.07 bits per heavy atom. The first-order chi connectivity index (χ1) is 6.80. The summed E-state index contributed by atoms with van der Waals surface area (Å²) < 4.78 is 0. The van der Waals surface area contributed by atoms with Gasteiger partial charge in [0.05, 0.1) is 6.20 Å². The fourth-order valence-electron chi connectivity index (χ4n) is 0.904. The lowest BCUT2D eigenvalue weighted by Crippen LogP contribution is -2.31. The fourth-order valence-corrected chi connectivity index (χ4v) is 1.05. The number of nitrogen functional groups attached to an aromatic ring is 1. The molecule has 3 N–H and O–H groups in total. The van der Waals surface area contributed by atoms with Crippen LogP contribution < -0.4 is 11.1 Å². The van der Waals surface area contributed by atoms with Gasteiger partial charge >= 0.3 is 0 Å². The summed E-state index contributed by atoms with van der Waals surface area (Å²) in [4.78, 5) is 7.85. The van der Waals surface area contributed by atoms with Crippen LogP contribution in [0.4, 0.5) is 11.8 Å². The third-order valence-corrected chi connectivity index (χ3v) is 2.69. The molecular weight excluding hydrogens is 212 g/mol. The molecule has 0 bridgehead atoms. The van der Waals surface area contributed by atoms with Crippen molar-refractivity contribution in [3.63, 3.8) is 0 Å². The van der Waals surface area contributed by atoms with Gasteiger partial charge in [-0.05, 0) is 12.3 Å². The minimum atomic E-state index is 0.128. The number of nitrogens with one attached hydrogen (secondary N) is 1. The number of hydrogen-bond acceptors (Lipinski definition) is 4. The topological polar surface area (TPSA) is 63.8 Å². The molecule has 0 saturated carbocycles. The number of hydrogen-bond donors (Lipinski definition) is 2. The summed E-state index contributed by atoms with van der Waals surface area (Å²) in [6, 6.07) is 0.240. The summed E-state index contributed by atoms with van der Waals surface area (Å²) >= 11 is 5.95. The van der Waals surface area contributed by atoms with Gasteiger partial charge in [0.25, 0.3) is 0 Å². The molecule has 0 spiro atoms. The highest BCUT2D eigenvalue weighted by Crippen LogP contribution is 2.25. The largest absolute Gasteiger partial charge is 0.368 e. The average Bonchev–Trinajstić information content (AvgIpc) is 2.09. The summed E-state index contributed by atoms with van der Waals surface area (Å²) in [5, 5.41) is 3.71. The van der Waals surface area contributed by atoms with E-state index in [2.05, 4.69) is 43.0 Å². The van der Waals surface area contributed by atoms with E-state index in [1.807, 2.05) is 0 Å². The Morgan fingerprint density at radius 1 is 1.47 bits per heavy atom. The van der Waals surface area contributed by atoms with Crippen LogP contribution in [0.1, 0.15) is 27.7 Å². The van der Waals surface area contributed by atoms with Crippen LogP contribution in [0.5, 0.6) is 0 Å². The van der Waals surface area contributed by atoms with Gasteiger partial charge in [-0.1, -0.05) is 32.4 Å². The van der Waals surface area contributed by atoms with Crippen LogP contribution in [-0.2, 0) is 0 Å². The van der Waals surface area contributed by atoms with Gasteiger partial charge in [-0.25, -0.2) is 4.98 Å². The number of nitrogens with zero attached hydrogens (tertiary/aromatic N) is 2. The molecular formula is C10H17ClN4. The van der Waals surface area contributed by atoms with Crippen LogP contribution in [0.15, 0.2) is 6.20 Å². The zero-order valence-corrected chi connectivity index (χ0v) is 10.3. The summed E-state index contributed by atoms with van der Waals surface area (Å²) in [7, 11) is 0. The Kier molecular flexibility index (Phi) is 3.39. The molecule has 1 rings (SSSR count). The molecule has 0 aliphatic rings. The van der Waals surface area contributed by atoms with Crippen LogP contribution in [0.3, 0.4) is 0 Å². The molecule has 1 aromatic rings. The van der Waals surface area contributed by atoms with E-state index >= 15 is 0 Å². The van der Waals surface area contributed by atoms with Crippen molar-refractivity contribution in [2.75, 3.05) is 11.1 Å². The molecule has 0 aliphatic heterocycles. The first-order valence-electron chi connectivity index (χ1n) is 4.85. The number of aromatic nitrogens is 2. The Balaban J connectivity index is 2.85. The SMILES string of the molecule is C[C@@H](Nc1nc(N)ncc1Cl)C(C)(C)C. The van der Waals surface area contributed by atoms with Gasteiger partial charge in [0.2, 0.25) is 5.95 Å². The second kappa shape index (κ2) is 4.23. The van der Waals surface area contributed by atoms with Gasteiger partial charge in [0.1, 0.15) is 5.02 Å². The average molecular weight is 229 g/mol. The van der Waals surface area contributed by atoms with E-state index in [0.717, 1.165) is 0 Å². The van der Waals surface area contributed by atoms with E-state index < -0.39 is 0 Å². The van der Waals surface area contributed by atoms with Gasteiger partial charge in [0.15, 0.2) is 5.82 Å². The van der Waals surface area contributed by atoms with E-state index in [1.54, 1.807) is 0 Å². The van der Waals surface area contributed by atoms with Crippen molar-refractivity contribution in [2.24, 2.45) is 5.41 Å². The monoisotopic (exact) mass is 228 g/mol. The Morgan fingerprint density at radius 3 is 2.60 bits per heavy atom. The highest BCUT2D eigenvalue weighted by Gasteiger charge is 2.21. The van der Waals surface area contributed by atoms with Crippen LogP contribution >= 0.6 is 11.6 Å². The van der Waals surface area contributed by atoms with Crippen molar-refractivity contribution in [2.45, 2.75) is 33.7 Å². The van der Waals surface area contributed by atoms with E-state index in [0.29, 0.717) is 10.8 Å². The molecule has 84 valence electrons. The molecule has 0 unspecified atom stereocenters. The Labute approximate surface area is 95.3 Å². The summed E-state index contributed by atoms with van der Waals surface area (Å²) in [6.07, 6.45) is 1.50. The lowest BCUT2D eigenvalue weighted by Gasteiger charge is -2.28. The third kappa shape index (κ3) is 3.23. The minimum Gasteiger partial charge on any atom is -0.368 e. The second-order valence-electron chi connectivity index (χ2n) is 4.66. The molecule has 0 aliphatic carbocycles. The fraction of sp³-hybridized carbons (Fsp3) is 0.600. The smallest absolute Gasteiger partial charge is 0.222 e. The van der Waals surface area contributed by atoms with E-state index in [1.165, 1.54) is 6.20 Å². The van der Waals surface area contributed by atoms with Gasteiger partial charge in [0, 0.05) is 6.04 Å². The quantitative estimate of drug-likeness (QED) is 0.817. The number of rotatable bonds is 2. The van der Waals surface area contributed by atoms with Gasteiger partial charge in [-0.2, -0.15) is 4.98 Å². The molecule has 0 radical (unpaired) electrons. The molecule has 1 aromatic heterocycles. The molecule has 1 heterocycles. The van der Waals surface area contributed by atoms with Crippen LogP contribution in [-0.4, -0.2) is 16.0 Å². The summed E-state index contributed by atoms with van der Waals surface area (Å²) in [6.45, 7) is 8.50. The molecule has 0 aromatic carbocycles. The maximum Gasteiger partial charge on any atom is 0.222 e. The molecule has 4 nitrogen and oxygen atoms in total. The van der Waals surface area contributed by atoms with Crippen LogP contribution in [0, 0.1) is 5.41 Å². The highest BCUT2D eigenvalue weighted by atomic mass is 35.5. The normalized spacial score (nSPS) is 13.7. The standard InChI is InChI=1S/C10H17ClN4/c1-6(10(2,3)4)14-8-7(11)5-13-9(12)15-8/h5-6H,1-4H3,(H3,12,13,14,15)/t6-/m1/s1. The van der Waals surface area contributed by atoms with Crippen LogP contribution in [0.25, 0.3) is 0 Å². The van der Waals surface area contributed by atoms with Gasteiger partial charge < -0.3 is 11.1 Å². The Hall–Kier alpha value is -1.03. The molecule has 1 atom stereocenters. The molecule has 5 heteroatoms. The first-order valence-corrected chi connectivity index (χ1v) is 5.23. The number of halogens is 1. The Bertz CT molecular complexity index is 346. The van der Waals surface area contributed by atoms with Crippen molar-refractivity contribution in [1.82, 2.24) is 9.97 Å². The summed E-state index contributed by atoms with van der Waals surface area (Å²) in [5.74, 6) is 0.814. The minimum absolute atomic E-state index is 0.128. The lowest BCUT2D eigenvalue weighted by atomic mass is 9.88. The zero-order valence-electron chi connectivity index (χ0n) is 9.50. The lowest BCUT2D eigenvalue weighted by molar-refractivity contribution is 0.359. The number of nitrogens with two attached hydrogens (primary N) is 1.